The van der Waals surface area contributed by atoms with E-state index in [1.807, 2.05) is 0 Å². The number of carbonyl (C=O) groups is 1. The fourth-order valence-electron chi connectivity index (χ4n) is 3.07. The van der Waals surface area contributed by atoms with Crippen molar-refractivity contribution in [2.24, 2.45) is 0 Å². The van der Waals surface area contributed by atoms with Gasteiger partial charge in [-0.25, -0.2) is 4.39 Å². The molecule has 6 heteroatoms. The van der Waals surface area contributed by atoms with Crippen LogP contribution in [0.5, 0.6) is 0 Å². The predicted octanol–water partition coefficient (Wildman–Crippen LogP) is 1.70. The van der Waals surface area contributed by atoms with E-state index in [2.05, 4.69) is 22.5 Å². The number of halogens is 1. The smallest absolute Gasteiger partial charge is 0.237 e. The lowest BCUT2D eigenvalue weighted by Gasteiger charge is -2.34. The van der Waals surface area contributed by atoms with E-state index < -0.39 is 0 Å². The van der Waals surface area contributed by atoms with Crippen LogP contribution in [0, 0.1) is 5.82 Å². The van der Waals surface area contributed by atoms with Gasteiger partial charge in [-0.15, -0.1) is 0 Å². The topological polar surface area (TPSA) is 53.6 Å². The van der Waals surface area contributed by atoms with Gasteiger partial charge in [0.25, 0.3) is 0 Å². The average molecular weight is 337 g/mol. The monoisotopic (exact) mass is 337 g/mol. The third-order valence-corrected chi connectivity index (χ3v) is 4.45. The highest BCUT2D eigenvalue weighted by Crippen LogP contribution is 2.17. The number of methoxy groups -OCH3 is 1. The van der Waals surface area contributed by atoms with Crippen LogP contribution >= 0.6 is 0 Å². The number of nitrogens with zero attached hydrogens (tertiary/aromatic N) is 1. The molecular weight excluding hydrogens is 309 g/mol. The van der Waals surface area contributed by atoms with E-state index >= 15 is 0 Å². The van der Waals surface area contributed by atoms with Gasteiger partial charge in [0, 0.05) is 39.8 Å². The summed E-state index contributed by atoms with van der Waals surface area (Å²) in [5.41, 5.74) is 0.855. The highest BCUT2D eigenvalue weighted by molar-refractivity contribution is 5.81. The molecule has 1 saturated heterocycles. The number of carbonyl (C=O) groups excluding carboxylic acids is 1. The lowest BCUT2D eigenvalue weighted by atomic mass is 10.1. The molecule has 2 rings (SSSR count). The molecule has 1 amide bonds. The minimum Gasteiger partial charge on any atom is -0.375 e. The van der Waals surface area contributed by atoms with Crippen molar-refractivity contribution >= 4 is 5.91 Å². The van der Waals surface area contributed by atoms with Crippen molar-refractivity contribution < 1.29 is 13.9 Å². The Morgan fingerprint density at radius 2 is 2.00 bits per heavy atom. The summed E-state index contributed by atoms with van der Waals surface area (Å²) >= 11 is 0. The molecular formula is C18H28FN3O2. The van der Waals surface area contributed by atoms with E-state index in [0.717, 1.165) is 44.6 Å². The highest BCUT2D eigenvalue weighted by Gasteiger charge is 2.26. The molecule has 1 aromatic carbocycles. The Bertz CT molecular complexity index is 503. The first-order chi connectivity index (χ1) is 11.7. The van der Waals surface area contributed by atoms with Gasteiger partial charge in [0.05, 0.1) is 12.1 Å². The molecule has 0 spiro atoms. The number of benzene rings is 1. The van der Waals surface area contributed by atoms with Crippen LogP contribution in [-0.4, -0.2) is 56.7 Å². The molecule has 0 saturated carbocycles. The van der Waals surface area contributed by atoms with Gasteiger partial charge in [-0.1, -0.05) is 25.5 Å². The number of nitrogens with one attached hydrogen (secondary N) is 2. The van der Waals surface area contributed by atoms with Gasteiger partial charge in [0.1, 0.15) is 5.82 Å². The van der Waals surface area contributed by atoms with E-state index in [1.165, 1.54) is 12.1 Å². The third-order valence-electron chi connectivity index (χ3n) is 4.45. The van der Waals surface area contributed by atoms with Crippen LogP contribution in [0.3, 0.4) is 0 Å². The number of ether oxygens (including phenoxy) is 1. The first-order valence-electron chi connectivity index (χ1n) is 8.66. The summed E-state index contributed by atoms with van der Waals surface area (Å²) in [4.78, 5) is 14.9. The minimum absolute atomic E-state index is 0.0444. The summed E-state index contributed by atoms with van der Waals surface area (Å²) in [7, 11) is 1.60. The number of hydrogen-bond donors (Lipinski definition) is 2. The molecule has 1 heterocycles. The molecule has 1 aliphatic rings. The van der Waals surface area contributed by atoms with Crippen molar-refractivity contribution in [1.29, 1.82) is 0 Å². The van der Waals surface area contributed by atoms with E-state index in [0.29, 0.717) is 6.54 Å². The SMILES string of the molecule is CCC[C@@H](C(=O)NC[C@@H](OC)c1ccc(F)cc1)N1CCNCC1. The molecule has 0 bridgehead atoms. The molecule has 5 nitrogen and oxygen atoms in total. The van der Waals surface area contributed by atoms with Crippen LogP contribution in [0.4, 0.5) is 4.39 Å². The zero-order chi connectivity index (χ0) is 17.4. The maximum Gasteiger partial charge on any atom is 0.237 e. The van der Waals surface area contributed by atoms with Crippen molar-refractivity contribution in [1.82, 2.24) is 15.5 Å². The summed E-state index contributed by atoms with van der Waals surface area (Å²) in [5.74, 6) is -0.234. The molecule has 0 aliphatic carbocycles. The maximum absolute atomic E-state index is 13.0. The van der Waals surface area contributed by atoms with Crippen LogP contribution in [0.1, 0.15) is 31.4 Å². The summed E-state index contributed by atoms with van der Waals surface area (Å²) in [5, 5.41) is 6.32. The standard InChI is InChI=1S/C18H28FN3O2/c1-3-4-16(22-11-9-20-10-12-22)18(23)21-13-17(24-2)14-5-7-15(19)8-6-14/h5-8,16-17,20H,3-4,9-13H2,1-2H3,(H,21,23)/t16-,17+/m0/s1. The number of amides is 1. The van der Waals surface area contributed by atoms with E-state index in [1.54, 1.807) is 19.2 Å². The Hall–Kier alpha value is -1.50. The number of hydrogen-bond acceptors (Lipinski definition) is 4. The second-order valence-electron chi connectivity index (χ2n) is 6.11. The molecule has 2 N–H and O–H groups in total. The van der Waals surface area contributed by atoms with Crippen LogP contribution in [0.15, 0.2) is 24.3 Å². The first kappa shape index (κ1) is 18.8. The lowest BCUT2D eigenvalue weighted by molar-refractivity contribution is -0.127. The van der Waals surface area contributed by atoms with Gasteiger partial charge in [-0.3, -0.25) is 9.69 Å². The van der Waals surface area contributed by atoms with Gasteiger partial charge < -0.3 is 15.4 Å². The second kappa shape index (κ2) is 9.71. The van der Waals surface area contributed by atoms with Gasteiger partial charge in [0.2, 0.25) is 5.91 Å². The molecule has 1 fully saturated rings. The summed E-state index contributed by atoms with van der Waals surface area (Å²) in [6.45, 7) is 6.10. The fraction of sp³-hybridized carbons (Fsp3) is 0.611. The van der Waals surface area contributed by atoms with Crippen LogP contribution in [0.25, 0.3) is 0 Å². The van der Waals surface area contributed by atoms with Crippen LogP contribution in [-0.2, 0) is 9.53 Å². The van der Waals surface area contributed by atoms with Crippen molar-refractivity contribution in [3.05, 3.63) is 35.6 Å². The first-order valence-corrected chi connectivity index (χ1v) is 8.66. The molecule has 134 valence electrons. The van der Waals surface area contributed by atoms with E-state index in [4.69, 9.17) is 4.74 Å². The fourth-order valence-corrected chi connectivity index (χ4v) is 3.07. The zero-order valence-corrected chi connectivity index (χ0v) is 14.6. The van der Waals surface area contributed by atoms with E-state index in [9.17, 15) is 9.18 Å². The van der Waals surface area contributed by atoms with Gasteiger partial charge >= 0.3 is 0 Å². The Labute approximate surface area is 143 Å². The Morgan fingerprint density at radius 3 is 2.58 bits per heavy atom. The van der Waals surface area contributed by atoms with Crippen molar-refractivity contribution in [2.75, 3.05) is 39.8 Å². The minimum atomic E-state index is -0.278. The van der Waals surface area contributed by atoms with Crippen molar-refractivity contribution in [3.8, 4) is 0 Å². The number of piperazine rings is 1. The largest absolute Gasteiger partial charge is 0.375 e. The molecule has 0 radical (unpaired) electrons. The van der Waals surface area contributed by atoms with Crippen molar-refractivity contribution in [3.63, 3.8) is 0 Å². The lowest BCUT2D eigenvalue weighted by Crippen LogP contribution is -2.54. The third kappa shape index (κ3) is 5.26. The Morgan fingerprint density at radius 1 is 1.33 bits per heavy atom. The maximum atomic E-state index is 13.0. The van der Waals surface area contributed by atoms with E-state index in [-0.39, 0.29) is 23.9 Å². The summed E-state index contributed by atoms with van der Waals surface area (Å²) < 4.78 is 18.5. The van der Waals surface area contributed by atoms with Crippen molar-refractivity contribution in [2.45, 2.75) is 31.9 Å². The zero-order valence-electron chi connectivity index (χ0n) is 14.6. The predicted molar refractivity (Wildman–Crippen MR) is 92.3 cm³/mol. The molecule has 2 atom stereocenters. The number of rotatable bonds is 8. The summed E-state index contributed by atoms with van der Waals surface area (Å²) in [6.07, 6.45) is 1.54. The molecule has 0 unspecified atom stereocenters. The summed E-state index contributed by atoms with van der Waals surface area (Å²) in [6, 6.07) is 6.10. The van der Waals surface area contributed by atoms with Crippen LogP contribution in [0.2, 0.25) is 0 Å². The highest BCUT2D eigenvalue weighted by atomic mass is 19.1. The quantitative estimate of drug-likeness (QED) is 0.758. The van der Waals surface area contributed by atoms with Gasteiger partial charge in [-0.2, -0.15) is 0 Å². The Kier molecular flexibility index (Phi) is 7.62. The Balaban J connectivity index is 1.93. The van der Waals surface area contributed by atoms with Gasteiger partial charge in [-0.05, 0) is 24.1 Å². The molecule has 1 aromatic rings. The second-order valence-corrected chi connectivity index (χ2v) is 6.11. The normalized spacial score (nSPS) is 18.1. The molecule has 24 heavy (non-hydrogen) atoms. The van der Waals surface area contributed by atoms with Gasteiger partial charge in [0.15, 0.2) is 0 Å². The molecule has 0 aromatic heterocycles. The average Bonchev–Trinajstić information content (AvgIpc) is 2.62. The van der Waals surface area contributed by atoms with Crippen LogP contribution < -0.4 is 10.6 Å². The molecule has 1 aliphatic heterocycles.